The monoisotopic (exact) mass is 453 g/mol. The van der Waals surface area contributed by atoms with Crippen molar-refractivity contribution in [1.29, 1.82) is 0 Å². The van der Waals surface area contributed by atoms with Gasteiger partial charge >= 0.3 is 5.97 Å². The van der Waals surface area contributed by atoms with Crippen LogP contribution < -0.4 is 9.47 Å². The van der Waals surface area contributed by atoms with E-state index in [1.165, 1.54) is 19.1 Å². The van der Waals surface area contributed by atoms with Crippen molar-refractivity contribution in [1.82, 2.24) is 4.90 Å². The molecule has 0 aromatic heterocycles. The number of aliphatic carboxylic acids is 1. The van der Waals surface area contributed by atoms with Crippen molar-refractivity contribution >= 4 is 23.4 Å². The fourth-order valence-electron chi connectivity index (χ4n) is 3.97. The van der Waals surface area contributed by atoms with Crippen LogP contribution in [0.15, 0.2) is 54.1 Å². The lowest BCUT2D eigenvalue weighted by Gasteiger charge is -2.27. The van der Waals surface area contributed by atoms with Crippen LogP contribution in [0.1, 0.15) is 42.9 Å². The molecule has 2 aromatic carbocycles. The first-order chi connectivity index (χ1) is 15.9. The Kier molecular flexibility index (Phi) is 7.71. The van der Waals surface area contributed by atoms with Gasteiger partial charge in [-0.1, -0.05) is 36.8 Å². The van der Waals surface area contributed by atoms with Crippen LogP contribution in [0.3, 0.4) is 0 Å². The molecule has 0 bridgehead atoms. The highest BCUT2D eigenvalue weighted by molar-refractivity contribution is 6.46. The molecule has 0 saturated carbocycles. The highest BCUT2D eigenvalue weighted by Gasteiger charge is 2.46. The van der Waals surface area contributed by atoms with E-state index in [0.29, 0.717) is 41.9 Å². The van der Waals surface area contributed by atoms with E-state index in [1.54, 1.807) is 48.5 Å². The van der Waals surface area contributed by atoms with E-state index in [0.717, 1.165) is 0 Å². The number of rotatable bonds is 10. The summed E-state index contributed by atoms with van der Waals surface area (Å²) < 4.78 is 10.8. The molecule has 1 amide bonds. The van der Waals surface area contributed by atoms with Crippen molar-refractivity contribution in [2.24, 2.45) is 0 Å². The predicted octanol–water partition coefficient (Wildman–Crippen LogP) is 3.77. The molecule has 2 aromatic rings. The minimum absolute atomic E-state index is 0.0247. The number of amides is 1. The summed E-state index contributed by atoms with van der Waals surface area (Å²) in [6.45, 7) is 0.223. The van der Waals surface area contributed by atoms with Crippen LogP contribution in [-0.4, -0.2) is 53.5 Å². The maximum atomic E-state index is 13.1. The second kappa shape index (κ2) is 10.7. The Morgan fingerprint density at radius 3 is 2.33 bits per heavy atom. The predicted molar refractivity (Wildman–Crippen MR) is 121 cm³/mol. The van der Waals surface area contributed by atoms with Gasteiger partial charge in [-0.3, -0.25) is 14.4 Å². The fraction of sp³-hybridized carbons (Fsp3) is 0.320. The third-order valence-electron chi connectivity index (χ3n) is 5.61. The number of unbranched alkanes of at least 4 members (excludes halogenated alkanes) is 2. The standard InChI is InChI=1S/C25H27NO7/c1-32-17-12-13-19(33-2)18(15-17)22-21(23(29)16-9-5-3-6-10-16)24(30)25(31)26(22)14-8-4-7-11-20(27)28/h3,5-6,9-10,12-13,15,22,29H,4,7-8,11,14H2,1-2H3,(H,27,28)/t22-/m0/s1. The van der Waals surface area contributed by atoms with Crippen molar-refractivity contribution in [2.45, 2.75) is 31.7 Å². The van der Waals surface area contributed by atoms with E-state index < -0.39 is 23.7 Å². The van der Waals surface area contributed by atoms with Crippen molar-refractivity contribution in [2.75, 3.05) is 20.8 Å². The SMILES string of the molecule is COc1ccc(OC)c([C@H]2C(=C(O)c3ccccc3)C(=O)C(=O)N2CCCCCC(=O)O)c1. The maximum absolute atomic E-state index is 13.1. The zero-order chi connectivity index (χ0) is 24.0. The zero-order valence-electron chi connectivity index (χ0n) is 18.6. The zero-order valence-corrected chi connectivity index (χ0v) is 18.6. The van der Waals surface area contributed by atoms with Gasteiger partial charge in [0.2, 0.25) is 0 Å². The second-order valence-electron chi connectivity index (χ2n) is 7.67. The topological polar surface area (TPSA) is 113 Å². The van der Waals surface area contributed by atoms with E-state index >= 15 is 0 Å². The molecule has 1 aliphatic heterocycles. The molecule has 0 radical (unpaired) electrons. The van der Waals surface area contributed by atoms with Crippen LogP contribution in [0.2, 0.25) is 0 Å². The summed E-state index contributed by atoms with van der Waals surface area (Å²) in [5, 5.41) is 19.9. The van der Waals surface area contributed by atoms with Crippen LogP contribution in [0, 0.1) is 0 Å². The molecule has 3 rings (SSSR count). The van der Waals surface area contributed by atoms with E-state index in [4.69, 9.17) is 14.6 Å². The summed E-state index contributed by atoms with van der Waals surface area (Å²) in [5.74, 6) is -1.69. The number of aliphatic hydroxyl groups excluding tert-OH is 1. The molecule has 0 unspecified atom stereocenters. The number of nitrogens with zero attached hydrogens (tertiary/aromatic N) is 1. The number of ketones is 1. The second-order valence-corrected chi connectivity index (χ2v) is 7.67. The maximum Gasteiger partial charge on any atom is 0.303 e. The molecule has 1 atom stereocenters. The van der Waals surface area contributed by atoms with Gasteiger partial charge in [-0.05, 0) is 31.0 Å². The van der Waals surface area contributed by atoms with Gasteiger partial charge in [0.1, 0.15) is 17.3 Å². The van der Waals surface area contributed by atoms with Gasteiger partial charge in [0.25, 0.3) is 11.7 Å². The van der Waals surface area contributed by atoms with Gasteiger partial charge in [-0.25, -0.2) is 0 Å². The summed E-state index contributed by atoms with van der Waals surface area (Å²) in [6, 6.07) is 12.8. The summed E-state index contributed by atoms with van der Waals surface area (Å²) in [6.07, 6.45) is 1.60. The number of hydrogen-bond acceptors (Lipinski definition) is 6. The van der Waals surface area contributed by atoms with Gasteiger partial charge in [0.05, 0.1) is 25.8 Å². The number of ether oxygens (including phenoxy) is 2. The number of benzene rings is 2. The van der Waals surface area contributed by atoms with Crippen LogP contribution in [-0.2, 0) is 14.4 Å². The van der Waals surface area contributed by atoms with Crippen molar-refractivity contribution < 1.29 is 34.1 Å². The normalized spacial score (nSPS) is 17.3. The third-order valence-corrected chi connectivity index (χ3v) is 5.61. The summed E-state index contributed by atoms with van der Waals surface area (Å²) in [7, 11) is 3.00. The van der Waals surface area contributed by atoms with Gasteiger partial charge in [0.15, 0.2) is 0 Å². The largest absolute Gasteiger partial charge is 0.507 e. The Balaban J connectivity index is 2.07. The number of hydrogen-bond donors (Lipinski definition) is 2. The molecular formula is C25H27NO7. The number of likely N-dealkylation sites (tertiary alicyclic amines) is 1. The van der Waals surface area contributed by atoms with E-state index in [1.807, 2.05) is 0 Å². The molecule has 2 N–H and O–H groups in total. The summed E-state index contributed by atoms with van der Waals surface area (Å²) in [5.41, 5.74) is 0.908. The Labute approximate surface area is 192 Å². The van der Waals surface area contributed by atoms with Crippen molar-refractivity contribution in [3.63, 3.8) is 0 Å². The first-order valence-electron chi connectivity index (χ1n) is 10.7. The van der Waals surface area contributed by atoms with E-state index in [2.05, 4.69) is 0 Å². The molecular weight excluding hydrogens is 426 g/mol. The molecule has 174 valence electrons. The molecule has 1 heterocycles. The number of carbonyl (C=O) groups is 3. The molecule has 1 saturated heterocycles. The Morgan fingerprint density at radius 1 is 0.970 bits per heavy atom. The van der Waals surface area contributed by atoms with Gasteiger partial charge in [-0.15, -0.1) is 0 Å². The van der Waals surface area contributed by atoms with Gasteiger partial charge < -0.3 is 24.6 Å². The highest BCUT2D eigenvalue weighted by atomic mass is 16.5. The number of Topliss-reactive ketones (excluding diaryl/α,β-unsaturated/α-hetero) is 1. The van der Waals surface area contributed by atoms with Crippen molar-refractivity contribution in [3.05, 3.63) is 65.2 Å². The molecule has 1 aliphatic rings. The minimum atomic E-state index is -0.880. The lowest BCUT2D eigenvalue weighted by atomic mass is 9.94. The lowest BCUT2D eigenvalue weighted by molar-refractivity contribution is -0.140. The average molecular weight is 453 g/mol. The number of carboxylic acids is 1. The number of aliphatic hydroxyl groups is 1. The molecule has 1 fully saturated rings. The molecule has 33 heavy (non-hydrogen) atoms. The van der Waals surface area contributed by atoms with Crippen LogP contribution in [0.5, 0.6) is 11.5 Å². The summed E-state index contributed by atoms with van der Waals surface area (Å²) >= 11 is 0. The van der Waals surface area contributed by atoms with Gasteiger partial charge in [0, 0.05) is 24.1 Å². The van der Waals surface area contributed by atoms with Crippen LogP contribution in [0.25, 0.3) is 5.76 Å². The third kappa shape index (κ3) is 5.16. The van der Waals surface area contributed by atoms with Crippen LogP contribution >= 0.6 is 0 Å². The Bertz CT molecular complexity index is 1060. The Hall–Kier alpha value is -3.81. The molecule has 8 nitrogen and oxygen atoms in total. The van der Waals surface area contributed by atoms with Gasteiger partial charge in [-0.2, -0.15) is 0 Å². The highest BCUT2D eigenvalue weighted by Crippen LogP contribution is 2.44. The van der Waals surface area contributed by atoms with Crippen LogP contribution in [0.4, 0.5) is 0 Å². The minimum Gasteiger partial charge on any atom is -0.507 e. The number of methoxy groups -OCH3 is 2. The smallest absolute Gasteiger partial charge is 0.303 e. The first kappa shape index (κ1) is 23.8. The Morgan fingerprint density at radius 2 is 1.70 bits per heavy atom. The first-order valence-corrected chi connectivity index (χ1v) is 10.7. The molecule has 0 aliphatic carbocycles. The average Bonchev–Trinajstić information content (AvgIpc) is 3.08. The molecule has 8 heteroatoms. The number of carboxylic acid groups (broad SMARTS) is 1. The molecule has 0 spiro atoms. The number of carbonyl (C=O) groups excluding carboxylic acids is 2. The summed E-state index contributed by atoms with van der Waals surface area (Å²) in [4.78, 5) is 38.3. The van der Waals surface area contributed by atoms with E-state index in [9.17, 15) is 19.5 Å². The van der Waals surface area contributed by atoms with E-state index in [-0.39, 0.29) is 24.3 Å². The van der Waals surface area contributed by atoms with Crippen molar-refractivity contribution in [3.8, 4) is 11.5 Å². The quantitative estimate of drug-likeness (QED) is 0.244. The fourth-order valence-corrected chi connectivity index (χ4v) is 3.97. The lowest BCUT2D eigenvalue weighted by Crippen LogP contribution is -2.31.